The van der Waals surface area contributed by atoms with Crippen LogP contribution < -0.4 is 14.9 Å². The Hall–Kier alpha value is -3.37. The molecular weight excluding hydrogens is 510 g/mol. The van der Waals surface area contributed by atoms with Crippen LogP contribution >= 0.6 is 27.3 Å². The second-order valence-electron chi connectivity index (χ2n) is 7.20. The van der Waals surface area contributed by atoms with Gasteiger partial charge in [0.15, 0.2) is 4.80 Å². The van der Waals surface area contributed by atoms with Gasteiger partial charge in [0.25, 0.3) is 11.2 Å². The molecule has 1 unspecified atom stereocenters. The van der Waals surface area contributed by atoms with Crippen LogP contribution in [0.1, 0.15) is 31.0 Å². The lowest BCUT2D eigenvalue weighted by atomic mass is 9.95. The Kier molecular flexibility index (Phi) is 6.39. The van der Waals surface area contributed by atoms with Gasteiger partial charge in [-0.2, -0.15) is 0 Å². The number of aromatic nitrogens is 1. The van der Waals surface area contributed by atoms with E-state index in [-0.39, 0.29) is 23.4 Å². The number of hydrogen-bond acceptors (Lipinski definition) is 7. The molecule has 2 aromatic carbocycles. The maximum atomic E-state index is 13.5. The molecule has 0 fully saturated rings. The number of esters is 1. The third kappa shape index (κ3) is 4.44. The molecule has 3 aromatic rings. The fourth-order valence-electron chi connectivity index (χ4n) is 3.60. The van der Waals surface area contributed by atoms with Gasteiger partial charge in [0, 0.05) is 16.6 Å². The highest BCUT2D eigenvalue weighted by molar-refractivity contribution is 9.10. The van der Waals surface area contributed by atoms with Gasteiger partial charge in [0.05, 0.1) is 33.4 Å². The standard InChI is InChI=1S/C23H18BrN3O5S/c1-3-32-22(29)19-13(2)25-23-26(20(19)15-6-10-17(11-7-15)27(30)31)21(28)18(33-23)12-14-4-8-16(24)9-5-14/h4-12,20H,3H2,1-2H3. The van der Waals surface area contributed by atoms with Crippen LogP contribution in [0.5, 0.6) is 0 Å². The summed E-state index contributed by atoms with van der Waals surface area (Å²) >= 11 is 4.62. The van der Waals surface area contributed by atoms with Gasteiger partial charge in [-0.3, -0.25) is 19.5 Å². The number of non-ortho nitro benzene ring substituents is 1. The minimum Gasteiger partial charge on any atom is -0.463 e. The van der Waals surface area contributed by atoms with Gasteiger partial charge in [0.2, 0.25) is 0 Å². The number of carbonyl (C=O) groups excluding carboxylic acids is 1. The number of ether oxygens (including phenoxy) is 1. The van der Waals surface area contributed by atoms with E-state index in [0.717, 1.165) is 10.0 Å². The molecule has 0 bridgehead atoms. The van der Waals surface area contributed by atoms with Crippen LogP contribution in [0, 0.1) is 10.1 Å². The van der Waals surface area contributed by atoms with Crippen LogP contribution in [-0.2, 0) is 9.53 Å². The molecule has 33 heavy (non-hydrogen) atoms. The molecule has 8 nitrogen and oxygen atoms in total. The van der Waals surface area contributed by atoms with Crippen molar-refractivity contribution in [2.45, 2.75) is 19.9 Å². The molecule has 1 atom stereocenters. The normalized spacial score (nSPS) is 15.7. The van der Waals surface area contributed by atoms with Crippen LogP contribution in [0.4, 0.5) is 5.69 Å². The minimum absolute atomic E-state index is 0.0835. The van der Waals surface area contributed by atoms with E-state index < -0.39 is 16.9 Å². The highest BCUT2D eigenvalue weighted by Crippen LogP contribution is 2.31. The average Bonchev–Trinajstić information content (AvgIpc) is 3.09. The molecule has 4 rings (SSSR count). The van der Waals surface area contributed by atoms with Crippen LogP contribution in [-0.4, -0.2) is 22.1 Å². The van der Waals surface area contributed by atoms with Gasteiger partial charge in [-0.25, -0.2) is 9.79 Å². The summed E-state index contributed by atoms with van der Waals surface area (Å²) in [6, 6.07) is 12.5. The number of halogens is 1. The van der Waals surface area contributed by atoms with E-state index in [2.05, 4.69) is 20.9 Å². The van der Waals surface area contributed by atoms with Gasteiger partial charge in [0.1, 0.15) is 0 Å². The lowest BCUT2D eigenvalue weighted by Crippen LogP contribution is -2.39. The highest BCUT2D eigenvalue weighted by atomic mass is 79.9. The van der Waals surface area contributed by atoms with Crippen LogP contribution in [0.3, 0.4) is 0 Å². The monoisotopic (exact) mass is 527 g/mol. The maximum Gasteiger partial charge on any atom is 0.338 e. The minimum atomic E-state index is -0.812. The smallest absolute Gasteiger partial charge is 0.338 e. The van der Waals surface area contributed by atoms with Gasteiger partial charge in [-0.05, 0) is 55.3 Å². The van der Waals surface area contributed by atoms with Gasteiger partial charge >= 0.3 is 5.97 Å². The van der Waals surface area contributed by atoms with Gasteiger partial charge in [-0.1, -0.05) is 39.4 Å². The lowest BCUT2D eigenvalue weighted by Gasteiger charge is -2.24. The fraction of sp³-hybridized carbons (Fsp3) is 0.174. The molecule has 0 saturated carbocycles. The number of thiazole rings is 1. The van der Waals surface area contributed by atoms with Crippen molar-refractivity contribution >= 4 is 45.0 Å². The van der Waals surface area contributed by atoms with E-state index in [9.17, 15) is 19.7 Å². The number of allylic oxidation sites excluding steroid dienone is 1. The van der Waals surface area contributed by atoms with Crippen LogP contribution in [0.25, 0.3) is 6.08 Å². The van der Waals surface area contributed by atoms with Crippen molar-refractivity contribution in [2.75, 3.05) is 6.61 Å². The number of fused-ring (bicyclic) bond motifs is 1. The molecule has 10 heteroatoms. The Morgan fingerprint density at radius 3 is 2.52 bits per heavy atom. The first kappa shape index (κ1) is 22.8. The predicted molar refractivity (Wildman–Crippen MR) is 128 cm³/mol. The number of nitro groups is 1. The van der Waals surface area contributed by atoms with E-state index in [0.29, 0.717) is 20.6 Å². The van der Waals surface area contributed by atoms with E-state index in [1.165, 1.54) is 28.0 Å². The molecule has 1 aromatic heterocycles. The molecule has 1 aliphatic rings. The summed E-state index contributed by atoms with van der Waals surface area (Å²) in [6.07, 6.45) is 1.77. The second kappa shape index (κ2) is 9.24. The summed E-state index contributed by atoms with van der Waals surface area (Å²) in [7, 11) is 0. The fourth-order valence-corrected chi connectivity index (χ4v) is 4.91. The number of benzene rings is 2. The second-order valence-corrected chi connectivity index (χ2v) is 9.13. The maximum absolute atomic E-state index is 13.5. The van der Waals surface area contributed by atoms with E-state index in [4.69, 9.17) is 4.74 Å². The SMILES string of the molecule is CCOC(=O)C1=C(C)N=c2sc(=Cc3ccc(Br)cc3)c(=O)n2C1c1ccc([N+](=O)[O-])cc1. The van der Waals surface area contributed by atoms with E-state index in [1.54, 1.807) is 32.1 Å². The Labute approximate surface area is 200 Å². The Morgan fingerprint density at radius 2 is 1.91 bits per heavy atom. The zero-order valence-corrected chi connectivity index (χ0v) is 20.1. The zero-order chi connectivity index (χ0) is 23.7. The van der Waals surface area contributed by atoms with Crippen molar-refractivity contribution in [3.63, 3.8) is 0 Å². The summed E-state index contributed by atoms with van der Waals surface area (Å²) in [4.78, 5) is 41.9. The Balaban J connectivity index is 1.93. The molecule has 1 aliphatic heterocycles. The number of hydrogen-bond donors (Lipinski definition) is 0. The predicted octanol–water partition coefficient (Wildman–Crippen LogP) is 3.47. The highest BCUT2D eigenvalue weighted by Gasteiger charge is 2.33. The third-order valence-corrected chi connectivity index (χ3v) is 6.62. The largest absolute Gasteiger partial charge is 0.463 e. The number of nitrogens with zero attached hydrogens (tertiary/aromatic N) is 3. The first-order valence-corrected chi connectivity index (χ1v) is 11.6. The van der Waals surface area contributed by atoms with Crippen molar-refractivity contribution < 1.29 is 14.5 Å². The quantitative estimate of drug-likeness (QED) is 0.287. The van der Waals surface area contributed by atoms with Crippen LogP contribution in [0.2, 0.25) is 0 Å². The van der Waals surface area contributed by atoms with Crippen molar-refractivity contribution in [1.29, 1.82) is 0 Å². The van der Waals surface area contributed by atoms with Crippen molar-refractivity contribution in [3.8, 4) is 0 Å². The topological polar surface area (TPSA) is 104 Å². The summed E-state index contributed by atoms with van der Waals surface area (Å²) in [5.41, 5.74) is 1.67. The molecule has 0 radical (unpaired) electrons. The van der Waals surface area contributed by atoms with Crippen molar-refractivity contribution in [2.24, 2.45) is 4.99 Å². The van der Waals surface area contributed by atoms with Gasteiger partial charge < -0.3 is 4.74 Å². The molecular formula is C23H18BrN3O5S. The molecule has 0 N–H and O–H groups in total. The number of rotatable bonds is 5. The molecule has 2 heterocycles. The average molecular weight is 528 g/mol. The van der Waals surface area contributed by atoms with Crippen molar-refractivity contribution in [3.05, 3.63) is 105 Å². The van der Waals surface area contributed by atoms with E-state index in [1.807, 2.05) is 24.3 Å². The Bertz CT molecular complexity index is 1450. The molecule has 168 valence electrons. The van der Waals surface area contributed by atoms with E-state index >= 15 is 0 Å². The number of nitro benzene ring substituents is 1. The Morgan fingerprint density at radius 1 is 1.24 bits per heavy atom. The first-order chi connectivity index (χ1) is 15.8. The zero-order valence-electron chi connectivity index (χ0n) is 17.6. The molecule has 0 spiro atoms. The summed E-state index contributed by atoms with van der Waals surface area (Å²) in [5.74, 6) is -0.579. The number of carbonyl (C=O) groups is 1. The summed E-state index contributed by atoms with van der Waals surface area (Å²) < 4.78 is 8.08. The lowest BCUT2D eigenvalue weighted by molar-refractivity contribution is -0.384. The molecule has 0 amide bonds. The van der Waals surface area contributed by atoms with Crippen LogP contribution in [0.15, 0.2) is 74.1 Å². The molecule has 0 aliphatic carbocycles. The summed E-state index contributed by atoms with van der Waals surface area (Å²) in [6.45, 7) is 3.55. The van der Waals surface area contributed by atoms with Gasteiger partial charge in [-0.15, -0.1) is 0 Å². The first-order valence-electron chi connectivity index (χ1n) is 9.99. The molecule has 0 saturated heterocycles. The summed E-state index contributed by atoms with van der Waals surface area (Å²) in [5, 5.41) is 11.1. The van der Waals surface area contributed by atoms with Crippen molar-refractivity contribution in [1.82, 2.24) is 4.57 Å². The third-order valence-electron chi connectivity index (χ3n) is 5.10.